The Morgan fingerprint density at radius 2 is 1.92 bits per heavy atom. The zero-order chi connectivity index (χ0) is 17.9. The molecule has 0 aliphatic carbocycles. The Labute approximate surface area is 158 Å². The van der Waals surface area contributed by atoms with E-state index < -0.39 is 9.84 Å². The maximum atomic E-state index is 12.4. The highest BCUT2D eigenvalue weighted by atomic mass is 35.5. The lowest BCUT2D eigenvalue weighted by molar-refractivity contribution is -0.132. The summed E-state index contributed by atoms with van der Waals surface area (Å²) in [6.07, 6.45) is 1.22. The van der Waals surface area contributed by atoms with Crippen LogP contribution in [0.4, 0.5) is 0 Å². The Hall–Kier alpha value is -0.760. The molecule has 138 valence electrons. The van der Waals surface area contributed by atoms with Gasteiger partial charge < -0.3 is 4.90 Å². The number of hydrogen-bond donors (Lipinski definition) is 0. The molecule has 2 aliphatic heterocycles. The minimum atomic E-state index is -2.85. The molecule has 2 aliphatic rings. The Bertz CT molecular complexity index is 718. The van der Waals surface area contributed by atoms with Crippen molar-refractivity contribution in [3.8, 4) is 0 Å². The number of thioether (sulfide) groups is 1. The van der Waals surface area contributed by atoms with Gasteiger partial charge in [-0.2, -0.15) is 0 Å². The van der Waals surface area contributed by atoms with E-state index in [9.17, 15) is 13.2 Å². The molecule has 2 saturated heterocycles. The molecule has 0 N–H and O–H groups in total. The maximum absolute atomic E-state index is 12.4. The highest BCUT2D eigenvalue weighted by Crippen LogP contribution is 2.27. The van der Waals surface area contributed by atoms with Crippen LogP contribution < -0.4 is 0 Å². The van der Waals surface area contributed by atoms with E-state index in [4.69, 9.17) is 11.6 Å². The first-order valence-corrected chi connectivity index (χ1v) is 11.7. The Balaban J connectivity index is 1.40. The fraction of sp³-hybridized carbons (Fsp3) is 0.588. The van der Waals surface area contributed by atoms with Crippen LogP contribution in [0.25, 0.3) is 0 Å². The van der Waals surface area contributed by atoms with Gasteiger partial charge in [-0.1, -0.05) is 23.7 Å². The molecule has 0 bridgehead atoms. The molecule has 2 fully saturated rings. The van der Waals surface area contributed by atoms with Crippen LogP contribution in [0.15, 0.2) is 29.2 Å². The first kappa shape index (κ1) is 19.0. The van der Waals surface area contributed by atoms with Crippen LogP contribution in [0.2, 0.25) is 5.02 Å². The van der Waals surface area contributed by atoms with Crippen molar-refractivity contribution >= 4 is 39.1 Å². The molecule has 2 heterocycles. The predicted molar refractivity (Wildman–Crippen MR) is 102 cm³/mol. The van der Waals surface area contributed by atoms with Gasteiger partial charge in [0.15, 0.2) is 9.84 Å². The molecule has 1 amide bonds. The quantitative estimate of drug-likeness (QED) is 0.706. The van der Waals surface area contributed by atoms with Gasteiger partial charge in [0.25, 0.3) is 0 Å². The fourth-order valence-corrected chi connectivity index (χ4v) is 6.31. The van der Waals surface area contributed by atoms with E-state index in [2.05, 4.69) is 4.90 Å². The van der Waals surface area contributed by atoms with E-state index in [1.807, 2.05) is 29.2 Å². The third-order valence-corrected chi connectivity index (χ3v) is 8.07. The average Bonchev–Trinajstić information content (AvgIpc) is 2.96. The topological polar surface area (TPSA) is 57.7 Å². The summed E-state index contributed by atoms with van der Waals surface area (Å²) in [5, 5.41) is 0.722. The van der Waals surface area contributed by atoms with Crippen LogP contribution in [0.1, 0.15) is 12.8 Å². The lowest BCUT2D eigenvalue weighted by Gasteiger charge is -2.37. The van der Waals surface area contributed by atoms with Crippen molar-refractivity contribution in [1.82, 2.24) is 9.80 Å². The molecule has 0 radical (unpaired) electrons. The summed E-state index contributed by atoms with van der Waals surface area (Å²) in [5.74, 6) is 1.45. The molecule has 0 saturated carbocycles. The molecular weight excluding hydrogens is 380 g/mol. The molecule has 1 aromatic rings. The minimum Gasteiger partial charge on any atom is -0.340 e. The summed E-state index contributed by atoms with van der Waals surface area (Å²) in [6.45, 7) is 2.91. The summed E-state index contributed by atoms with van der Waals surface area (Å²) < 4.78 is 23.2. The monoisotopic (exact) mass is 402 g/mol. The third-order valence-electron chi connectivity index (χ3n) is 4.80. The average molecular weight is 403 g/mol. The number of halogens is 1. The van der Waals surface area contributed by atoms with Gasteiger partial charge >= 0.3 is 0 Å². The van der Waals surface area contributed by atoms with E-state index in [0.29, 0.717) is 31.0 Å². The molecular formula is C17H23ClN2O3S2. The number of amides is 1. The van der Waals surface area contributed by atoms with Gasteiger partial charge in [0.2, 0.25) is 5.91 Å². The Morgan fingerprint density at radius 3 is 2.56 bits per heavy atom. The second kappa shape index (κ2) is 8.29. The summed E-state index contributed by atoms with van der Waals surface area (Å²) in [4.78, 5) is 17.5. The number of rotatable bonds is 5. The van der Waals surface area contributed by atoms with Crippen LogP contribution in [0, 0.1) is 0 Å². The molecule has 25 heavy (non-hydrogen) atoms. The second-order valence-electron chi connectivity index (χ2n) is 6.50. The molecule has 5 nitrogen and oxygen atoms in total. The van der Waals surface area contributed by atoms with Gasteiger partial charge in [-0.25, -0.2) is 8.42 Å². The van der Waals surface area contributed by atoms with Crippen LogP contribution in [0.3, 0.4) is 0 Å². The molecule has 0 spiro atoms. The summed E-state index contributed by atoms with van der Waals surface area (Å²) in [5.41, 5.74) is 0. The van der Waals surface area contributed by atoms with Crippen LogP contribution >= 0.6 is 23.4 Å². The van der Waals surface area contributed by atoms with Crippen LogP contribution in [0.5, 0.6) is 0 Å². The number of carbonyl (C=O) groups excluding carboxylic acids is 1. The smallest absolute Gasteiger partial charge is 0.223 e. The van der Waals surface area contributed by atoms with E-state index in [-0.39, 0.29) is 17.7 Å². The van der Waals surface area contributed by atoms with Crippen molar-refractivity contribution in [2.75, 3.05) is 43.4 Å². The first-order valence-electron chi connectivity index (χ1n) is 8.54. The fourth-order valence-electron chi connectivity index (χ4n) is 3.37. The largest absolute Gasteiger partial charge is 0.340 e. The predicted octanol–water partition coefficient (Wildman–Crippen LogP) is 2.15. The van der Waals surface area contributed by atoms with Gasteiger partial charge in [-0.05, 0) is 18.6 Å². The van der Waals surface area contributed by atoms with Crippen molar-refractivity contribution < 1.29 is 13.2 Å². The van der Waals surface area contributed by atoms with Gasteiger partial charge in [0, 0.05) is 49.3 Å². The molecule has 3 rings (SSSR count). The number of benzene rings is 1. The zero-order valence-electron chi connectivity index (χ0n) is 14.1. The Morgan fingerprint density at radius 1 is 1.20 bits per heavy atom. The number of piperazine rings is 1. The molecule has 1 aromatic carbocycles. The number of nitrogens with zero attached hydrogens (tertiary/aromatic N) is 2. The summed E-state index contributed by atoms with van der Waals surface area (Å²) >= 11 is 7.73. The van der Waals surface area contributed by atoms with Gasteiger partial charge in [0.1, 0.15) is 0 Å². The molecule has 1 atom stereocenters. The lowest BCUT2D eigenvalue weighted by atomic mass is 10.2. The second-order valence-corrected chi connectivity index (χ2v) is 10.3. The van der Waals surface area contributed by atoms with Crippen LogP contribution in [-0.4, -0.2) is 73.6 Å². The SMILES string of the molecule is O=C(CCSc1ccccc1Cl)N1CCN(C2CCS(=O)(=O)C2)CC1. The highest BCUT2D eigenvalue weighted by molar-refractivity contribution is 7.99. The highest BCUT2D eigenvalue weighted by Gasteiger charge is 2.34. The minimum absolute atomic E-state index is 0.137. The molecule has 1 unspecified atom stereocenters. The van der Waals surface area contributed by atoms with Gasteiger partial charge in [-0.15, -0.1) is 11.8 Å². The summed E-state index contributed by atoms with van der Waals surface area (Å²) in [7, 11) is -2.85. The van der Waals surface area contributed by atoms with Crippen molar-refractivity contribution in [3.63, 3.8) is 0 Å². The standard InChI is InChI=1S/C17H23ClN2O3S2/c18-15-3-1-2-4-16(15)24-11-5-17(21)20-9-7-19(8-10-20)14-6-12-25(22,23)13-14/h1-4,14H,5-13H2. The van der Waals surface area contributed by atoms with E-state index in [1.165, 1.54) is 0 Å². The van der Waals surface area contributed by atoms with Gasteiger partial charge in [0.05, 0.1) is 16.5 Å². The van der Waals surface area contributed by atoms with Crippen molar-refractivity contribution in [2.24, 2.45) is 0 Å². The van der Waals surface area contributed by atoms with E-state index in [1.54, 1.807) is 11.8 Å². The normalized spacial score (nSPS) is 23.7. The first-order chi connectivity index (χ1) is 11.9. The van der Waals surface area contributed by atoms with E-state index in [0.717, 1.165) is 29.4 Å². The van der Waals surface area contributed by atoms with Crippen LogP contribution in [-0.2, 0) is 14.6 Å². The molecule has 0 aromatic heterocycles. The lowest BCUT2D eigenvalue weighted by Crippen LogP contribution is -2.52. The van der Waals surface area contributed by atoms with Crippen molar-refractivity contribution in [3.05, 3.63) is 29.3 Å². The molecule has 8 heteroatoms. The Kier molecular flexibility index (Phi) is 6.30. The van der Waals surface area contributed by atoms with Gasteiger partial charge in [-0.3, -0.25) is 9.69 Å². The third kappa shape index (κ3) is 5.12. The number of hydrogen-bond acceptors (Lipinski definition) is 5. The summed E-state index contributed by atoms with van der Waals surface area (Å²) in [6, 6.07) is 7.79. The van der Waals surface area contributed by atoms with Crippen molar-refractivity contribution in [2.45, 2.75) is 23.8 Å². The van der Waals surface area contributed by atoms with E-state index >= 15 is 0 Å². The number of sulfone groups is 1. The van der Waals surface area contributed by atoms with Crippen molar-refractivity contribution in [1.29, 1.82) is 0 Å². The maximum Gasteiger partial charge on any atom is 0.223 e. The number of carbonyl (C=O) groups is 1. The zero-order valence-corrected chi connectivity index (χ0v) is 16.5.